The van der Waals surface area contributed by atoms with E-state index >= 15 is 0 Å². The summed E-state index contributed by atoms with van der Waals surface area (Å²) in [5, 5.41) is 0. The third kappa shape index (κ3) is 2.02. The van der Waals surface area contributed by atoms with Crippen LogP contribution in [0.25, 0.3) is 0 Å². The summed E-state index contributed by atoms with van der Waals surface area (Å²) in [5.41, 5.74) is 1.83. The largest absolute Gasteiger partial charge is 0.485 e. The molecule has 0 aliphatic carbocycles. The van der Waals surface area contributed by atoms with Gasteiger partial charge in [0.1, 0.15) is 11.9 Å². The summed E-state index contributed by atoms with van der Waals surface area (Å²) in [6, 6.07) is 17.6. The molecule has 2 aromatic carbocycles. The van der Waals surface area contributed by atoms with Gasteiger partial charge in [-0.2, -0.15) is 0 Å². The van der Waals surface area contributed by atoms with Gasteiger partial charge in [0.05, 0.1) is 5.56 Å². The highest BCUT2D eigenvalue weighted by Gasteiger charge is 2.23. The normalized spacial score (nSPS) is 18.7. The van der Waals surface area contributed by atoms with Crippen LogP contribution >= 0.6 is 0 Å². The molecule has 1 unspecified atom stereocenters. The zero-order chi connectivity index (χ0) is 12.4. The molecule has 0 amide bonds. The third-order valence-electron chi connectivity index (χ3n) is 3.26. The van der Waals surface area contributed by atoms with Gasteiger partial charge < -0.3 is 4.74 Å². The molecule has 1 aliphatic rings. The van der Waals surface area contributed by atoms with Gasteiger partial charge in [0, 0.05) is 6.42 Å². The lowest BCUT2D eigenvalue weighted by Crippen LogP contribution is -2.06. The summed E-state index contributed by atoms with van der Waals surface area (Å²) in [5.74, 6) is 0.873. The predicted octanol–water partition coefficient (Wildman–Crippen LogP) is 3.78. The van der Waals surface area contributed by atoms with Gasteiger partial charge >= 0.3 is 0 Å². The molecule has 0 saturated carbocycles. The summed E-state index contributed by atoms with van der Waals surface area (Å²) < 4.78 is 5.99. The number of carbonyl (C=O) groups is 1. The lowest BCUT2D eigenvalue weighted by Gasteiger charge is -2.17. The number of Topliss-reactive ketones (excluding diaryl/α,β-unsaturated/α-hetero) is 1. The van der Waals surface area contributed by atoms with E-state index in [1.165, 1.54) is 0 Å². The minimum atomic E-state index is -0.0289. The fourth-order valence-corrected chi connectivity index (χ4v) is 2.31. The Hall–Kier alpha value is -2.09. The van der Waals surface area contributed by atoms with E-state index in [1.807, 2.05) is 54.6 Å². The van der Waals surface area contributed by atoms with Crippen molar-refractivity contribution < 1.29 is 9.53 Å². The second kappa shape index (κ2) is 4.65. The minimum Gasteiger partial charge on any atom is -0.485 e. The Morgan fingerprint density at radius 1 is 0.944 bits per heavy atom. The van der Waals surface area contributed by atoms with Crippen molar-refractivity contribution in [2.75, 3.05) is 0 Å². The summed E-state index contributed by atoms with van der Waals surface area (Å²) in [6.07, 6.45) is 1.24. The number of para-hydroxylation sites is 1. The number of benzene rings is 2. The van der Waals surface area contributed by atoms with Crippen molar-refractivity contribution in [1.82, 2.24) is 0 Å². The van der Waals surface area contributed by atoms with Crippen LogP contribution in [-0.2, 0) is 0 Å². The van der Waals surface area contributed by atoms with Crippen LogP contribution in [-0.4, -0.2) is 5.78 Å². The number of hydrogen-bond donors (Lipinski definition) is 0. The maximum Gasteiger partial charge on any atom is 0.166 e. The van der Waals surface area contributed by atoms with Crippen LogP contribution in [0.5, 0.6) is 5.75 Å². The molecular weight excluding hydrogens is 224 g/mol. The maximum absolute atomic E-state index is 12.0. The number of fused-ring (bicyclic) bond motifs is 1. The zero-order valence-electron chi connectivity index (χ0n) is 10.0. The van der Waals surface area contributed by atoms with Crippen molar-refractivity contribution in [2.45, 2.75) is 18.9 Å². The molecular formula is C16H14O2. The van der Waals surface area contributed by atoms with E-state index in [2.05, 4.69) is 0 Å². The highest BCUT2D eigenvalue weighted by Crippen LogP contribution is 2.33. The van der Waals surface area contributed by atoms with Crippen molar-refractivity contribution in [3.63, 3.8) is 0 Å². The standard InChI is InChI=1S/C16H14O2/c17-14-10-11-15(12-6-2-1-3-7-12)18-16-9-5-4-8-13(14)16/h1-9,15H,10-11H2. The first-order chi connectivity index (χ1) is 8.84. The molecule has 0 saturated heterocycles. The number of rotatable bonds is 1. The highest BCUT2D eigenvalue weighted by molar-refractivity contribution is 5.98. The molecule has 0 N–H and O–H groups in total. The smallest absolute Gasteiger partial charge is 0.166 e. The van der Waals surface area contributed by atoms with Crippen molar-refractivity contribution in [3.8, 4) is 5.75 Å². The number of hydrogen-bond acceptors (Lipinski definition) is 2. The van der Waals surface area contributed by atoms with Gasteiger partial charge in [-0.25, -0.2) is 0 Å². The molecule has 2 heteroatoms. The van der Waals surface area contributed by atoms with Crippen LogP contribution in [0.1, 0.15) is 34.9 Å². The van der Waals surface area contributed by atoms with E-state index in [0.717, 1.165) is 12.0 Å². The Bertz CT molecular complexity index is 560. The van der Waals surface area contributed by atoms with Crippen LogP contribution in [0.15, 0.2) is 54.6 Å². The number of ketones is 1. The molecule has 2 aromatic rings. The summed E-state index contributed by atoms with van der Waals surface area (Å²) in [4.78, 5) is 12.0. The quantitative estimate of drug-likeness (QED) is 0.755. The van der Waals surface area contributed by atoms with Crippen molar-refractivity contribution >= 4 is 5.78 Å². The van der Waals surface area contributed by atoms with Crippen LogP contribution < -0.4 is 4.74 Å². The fraction of sp³-hybridized carbons (Fsp3) is 0.188. The van der Waals surface area contributed by atoms with Gasteiger partial charge in [-0.1, -0.05) is 42.5 Å². The van der Waals surface area contributed by atoms with E-state index in [0.29, 0.717) is 17.7 Å². The Morgan fingerprint density at radius 3 is 2.50 bits per heavy atom. The Kier molecular flexibility index (Phi) is 2.85. The summed E-state index contributed by atoms with van der Waals surface area (Å²) in [6.45, 7) is 0. The van der Waals surface area contributed by atoms with Crippen LogP contribution in [0, 0.1) is 0 Å². The second-order valence-electron chi connectivity index (χ2n) is 4.48. The molecule has 3 rings (SSSR count). The van der Waals surface area contributed by atoms with E-state index in [9.17, 15) is 4.79 Å². The van der Waals surface area contributed by atoms with Gasteiger partial charge in [0.2, 0.25) is 0 Å². The zero-order valence-corrected chi connectivity index (χ0v) is 10.0. The third-order valence-corrected chi connectivity index (χ3v) is 3.26. The number of carbonyl (C=O) groups excluding carboxylic acids is 1. The Balaban J connectivity index is 1.97. The van der Waals surface area contributed by atoms with Crippen molar-refractivity contribution in [2.24, 2.45) is 0 Å². The second-order valence-corrected chi connectivity index (χ2v) is 4.48. The molecule has 0 aromatic heterocycles. The molecule has 0 radical (unpaired) electrons. The van der Waals surface area contributed by atoms with Gasteiger partial charge in [0.25, 0.3) is 0 Å². The van der Waals surface area contributed by atoms with Crippen molar-refractivity contribution in [3.05, 3.63) is 65.7 Å². The first kappa shape index (κ1) is 11.0. The summed E-state index contributed by atoms with van der Waals surface area (Å²) in [7, 11) is 0. The SMILES string of the molecule is O=C1CCC(c2ccccc2)Oc2ccccc21. The lowest BCUT2D eigenvalue weighted by molar-refractivity contribution is 0.0977. The Morgan fingerprint density at radius 2 is 1.67 bits per heavy atom. The highest BCUT2D eigenvalue weighted by atomic mass is 16.5. The van der Waals surface area contributed by atoms with Crippen LogP contribution in [0.4, 0.5) is 0 Å². The first-order valence-corrected chi connectivity index (χ1v) is 6.18. The van der Waals surface area contributed by atoms with Gasteiger partial charge in [0.15, 0.2) is 5.78 Å². The van der Waals surface area contributed by atoms with Crippen LogP contribution in [0.3, 0.4) is 0 Å². The van der Waals surface area contributed by atoms with E-state index < -0.39 is 0 Å². The molecule has 18 heavy (non-hydrogen) atoms. The van der Waals surface area contributed by atoms with Crippen LogP contribution in [0.2, 0.25) is 0 Å². The topological polar surface area (TPSA) is 26.3 Å². The van der Waals surface area contributed by atoms with Gasteiger partial charge in [-0.05, 0) is 24.1 Å². The minimum absolute atomic E-state index is 0.0289. The lowest BCUT2D eigenvalue weighted by atomic mass is 10.0. The predicted molar refractivity (Wildman–Crippen MR) is 69.8 cm³/mol. The monoisotopic (exact) mass is 238 g/mol. The number of ether oxygens (including phenoxy) is 1. The summed E-state index contributed by atoms with van der Waals surface area (Å²) >= 11 is 0. The van der Waals surface area contributed by atoms with Gasteiger partial charge in [-0.3, -0.25) is 4.79 Å². The maximum atomic E-state index is 12.0. The fourth-order valence-electron chi connectivity index (χ4n) is 2.31. The molecule has 0 bridgehead atoms. The van der Waals surface area contributed by atoms with Crippen molar-refractivity contribution in [1.29, 1.82) is 0 Å². The molecule has 90 valence electrons. The average Bonchev–Trinajstić information content (AvgIpc) is 2.60. The molecule has 1 aliphatic heterocycles. The average molecular weight is 238 g/mol. The van der Waals surface area contributed by atoms with E-state index in [-0.39, 0.29) is 11.9 Å². The van der Waals surface area contributed by atoms with E-state index in [4.69, 9.17) is 4.74 Å². The molecule has 2 nitrogen and oxygen atoms in total. The molecule has 1 atom stereocenters. The molecule has 0 spiro atoms. The molecule has 0 fully saturated rings. The Labute approximate surface area is 106 Å². The van der Waals surface area contributed by atoms with Gasteiger partial charge in [-0.15, -0.1) is 0 Å². The van der Waals surface area contributed by atoms with E-state index in [1.54, 1.807) is 0 Å². The molecule has 1 heterocycles. The first-order valence-electron chi connectivity index (χ1n) is 6.18.